The molecule has 1 fully saturated rings. The highest BCUT2D eigenvalue weighted by Gasteiger charge is 2.20. The zero-order valence-corrected chi connectivity index (χ0v) is 12.1. The van der Waals surface area contributed by atoms with Crippen molar-refractivity contribution in [3.8, 4) is 0 Å². The van der Waals surface area contributed by atoms with E-state index in [0.717, 1.165) is 38.0 Å². The molecule has 0 heterocycles. The Bertz CT molecular complexity index is 200. The van der Waals surface area contributed by atoms with Gasteiger partial charge in [-0.15, -0.1) is 0 Å². The van der Waals surface area contributed by atoms with Gasteiger partial charge >= 0.3 is 0 Å². The summed E-state index contributed by atoms with van der Waals surface area (Å²) >= 11 is 0. The van der Waals surface area contributed by atoms with Crippen molar-refractivity contribution in [3.05, 3.63) is 0 Å². The molecule has 6 N–H and O–H groups in total. The zero-order valence-electron chi connectivity index (χ0n) is 12.1. The van der Waals surface area contributed by atoms with Gasteiger partial charge in [0.05, 0.1) is 0 Å². The summed E-state index contributed by atoms with van der Waals surface area (Å²) < 4.78 is 0. The van der Waals surface area contributed by atoms with Gasteiger partial charge in [-0.25, -0.2) is 0 Å². The van der Waals surface area contributed by atoms with Gasteiger partial charge in [0.15, 0.2) is 0 Å². The third kappa shape index (κ3) is 6.69. The lowest BCUT2D eigenvalue weighted by atomic mass is 9.82. The van der Waals surface area contributed by atoms with Crippen LogP contribution < -0.4 is 22.1 Å². The summed E-state index contributed by atoms with van der Waals surface area (Å²) in [5, 5.41) is 6.99. The monoisotopic (exact) mass is 256 g/mol. The van der Waals surface area contributed by atoms with E-state index in [1.54, 1.807) is 0 Å². The van der Waals surface area contributed by atoms with E-state index in [1.807, 2.05) is 6.92 Å². The van der Waals surface area contributed by atoms with Crippen molar-refractivity contribution in [2.45, 2.75) is 51.6 Å². The first kappa shape index (κ1) is 15.9. The smallest absolute Gasteiger partial charge is 0.0162 e. The van der Waals surface area contributed by atoms with Gasteiger partial charge in [0.1, 0.15) is 0 Å². The van der Waals surface area contributed by atoms with E-state index in [2.05, 4.69) is 17.6 Å². The van der Waals surface area contributed by atoms with Crippen molar-refractivity contribution in [2.24, 2.45) is 23.3 Å². The minimum atomic E-state index is 0.267. The summed E-state index contributed by atoms with van der Waals surface area (Å²) in [7, 11) is 0. The van der Waals surface area contributed by atoms with Crippen molar-refractivity contribution in [1.82, 2.24) is 10.6 Å². The highest BCUT2D eigenvalue weighted by molar-refractivity contribution is 4.77. The first-order valence-corrected chi connectivity index (χ1v) is 7.51. The molecule has 1 aliphatic carbocycles. The van der Waals surface area contributed by atoms with E-state index in [-0.39, 0.29) is 6.04 Å². The lowest BCUT2D eigenvalue weighted by Crippen LogP contribution is -2.38. The van der Waals surface area contributed by atoms with Crippen LogP contribution >= 0.6 is 0 Å². The van der Waals surface area contributed by atoms with Gasteiger partial charge in [0, 0.05) is 25.2 Å². The average Bonchev–Trinajstić information content (AvgIpc) is 2.37. The lowest BCUT2D eigenvalue weighted by molar-refractivity contribution is 0.256. The first-order valence-electron chi connectivity index (χ1n) is 7.51. The van der Waals surface area contributed by atoms with E-state index >= 15 is 0 Å². The Labute approximate surface area is 112 Å². The Hall–Kier alpha value is -0.160. The third-order valence-electron chi connectivity index (χ3n) is 3.97. The topological polar surface area (TPSA) is 76.1 Å². The van der Waals surface area contributed by atoms with Crippen molar-refractivity contribution >= 4 is 0 Å². The highest BCUT2D eigenvalue weighted by Crippen LogP contribution is 2.27. The van der Waals surface area contributed by atoms with E-state index in [9.17, 15) is 0 Å². The maximum atomic E-state index is 5.73. The first-order chi connectivity index (χ1) is 8.61. The lowest BCUT2D eigenvalue weighted by Gasteiger charge is -2.29. The van der Waals surface area contributed by atoms with E-state index in [0.29, 0.717) is 6.04 Å². The molecule has 0 spiro atoms. The summed E-state index contributed by atoms with van der Waals surface area (Å²) in [6, 6.07) is 0.721. The molecule has 1 aliphatic rings. The molecule has 0 radical (unpaired) electrons. The second kappa shape index (κ2) is 8.86. The molecule has 0 bridgehead atoms. The molecule has 108 valence electrons. The molecule has 0 aliphatic heterocycles. The summed E-state index contributed by atoms with van der Waals surface area (Å²) in [6.45, 7) is 8.16. The van der Waals surface area contributed by atoms with Crippen LogP contribution in [0.15, 0.2) is 0 Å². The Morgan fingerprint density at radius 1 is 1.06 bits per heavy atom. The second-order valence-electron chi connectivity index (χ2n) is 6.07. The normalized spacial score (nSPS) is 28.0. The Morgan fingerprint density at radius 3 is 2.11 bits per heavy atom. The SMILES string of the molecule is CC(N)CNCC1CCC(CNC(C)CN)CC1. The summed E-state index contributed by atoms with van der Waals surface area (Å²) in [6.07, 6.45) is 5.42. The number of rotatable bonds is 8. The van der Waals surface area contributed by atoms with Gasteiger partial charge in [0.25, 0.3) is 0 Å². The quantitative estimate of drug-likeness (QED) is 0.515. The van der Waals surface area contributed by atoms with Crippen molar-refractivity contribution in [3.63, 3.8) is 0 Å². The molecule has 18 heavy (non-hydrogen) atoms. The number of hydrogen-bond acceptors (Lipinski definition) is 4. The van der Waals surface area contributed by atoms with Crippen molar-refractivity contribution in [1.29, 1.82) is 0 Å². The van der Waals surface area contributed by atoms with Gasteiger partial charge in [-0.1, -0.05) is 0 Å². The molecule has 1 saturated carbocycles. The molecule has 2 unspecified atom stereocenters. The van der Waals surface area contributed by atoms with Crippen molar-refractivity contribution in [2.75, 3.05) is 26.2 Å². The minimum absolute atomic E-state index is 0.267. The third-order valence-corrected chi connectivity index (χ3v) is 3.97. The zero-order chi connectivity index (χ0) is 13.4. The predicted octanol–water partition coefficient (Wildman–Crippen LogP) is 0.666. The van der Waals surface area contributed by atoms with E-state index < -0.39 is 0 Å². The molecule has 1 rings (SSSR count). The average molecular weight is 256 g/mol. The molecule has 2 atom stereocenters. The summed E-state index contributed by atoms with van der Waals surface area (Å²) in [5.41, 5.74) is 11.3. The van der Waals surface area contributed by atoms with Crippen molar-refractivity contribution < 1.29 is 0 Å². The second-order valence-corrected chi connectivity index (χ2v) is 6.07. The summed E-state index contributed by atoms with van der Waals surface area (Å²) in [5.74, 6) is 1.70. The number of nitrogens with one attached hydrogen (secondary N) is 2. The van der Waals surface area contributed by atoms with Crippen LogP contribution in [0.3, 0.4) is 0 Å². The van der Waals surface area contributed by atoms with Crippen LogP contribution in [-0.4, -0.2) is 38.3 Å². The van der Waals surface area contributed by atoms with Crippen LogP contribution in [0, 0.1) is 11.8 Å². The largest absolute Gasteiger partial charge is 0.329 e. The van der Waals surface area contributed by atoms with Gasteiger partial charge in [0.2, 0.25) is 0 Å². The molecule has 0 saturated heterocycles. The van der Waals surface area contributed by atoms with Crippen LogP contribution in [0.25, 0.3) is 0 Å². The molecular formula is C14H32N4. The van der Waals surface area contributed by atoms with E-state index in [1.165, 1.54) is 25.7 Å². The van der Waals surface area contributed by atoms with Gasteiger partial charge in [-0.3, -0.25) is 0 Å². The number of nitrogens with two attached hydrogens (primary N) is 2. The maximum Gasteiger partial charge on any atom is 0.0162 e. The standard InChI is InChI=1S/C14H32N4/c1-11(16)8-17-9-13-3-5-14(6-4-13)10-18-12(2)7-15/h11-14,17-18H,3-10,15-16H2,1-2H3. The minimum Gasteiger partial charge on any atom is -0.329 e. The Balaban J connectivity index is 2.05. The van der Waals surface area contributed by atoms with Gasteiger partial charge < -0.3 is 22.1 Å². The molecule has 0 aromatic carbocycles. The van der Waals surface area contributed by atoms with Crippen LogP contribution in [0.5, 0.6) is 0 Å². The van der Waals surface area contributed by atoms with Gasteiger partial charge in [-0.05, 0) is 64.5 Å². The molecule has 0 amide bonds. The fraction of sp³-hybridized carbons (Fsp3) is 1.00. The maximum absolute atomic E-state index is 5.73. The Kier molecular flexibility index (Phi) is 7.82. The molecule has 0 aromatic heterocycles. The molecular weight excluding hydrogens is 224 g/mol. The van der Waals surface area contributed by atoms with Crippen LogP contribution in [0.1, 0.15) is 39.5 Å². The highest BCUT2D eigenvalue weighted by atomic mass is 14.9. The fourth-order valence-corrected chi connectivity index (χ4v) is 2.61. The molecule has 4 nitrogen and oxygen atoms in total. The fourth-order valence-electron chi connectivity index (χ4n) is 2.61. The summed E-state index contributed by atoms with van der Waals surface area (Å²) in [4.78, 5) is 0. The van der Waals surface area contributed by atoms with E-state index in [4.69, 9.17) is 11.5 Å². The number of hydrogen-bond donors (Lipinski definition) is 4. The van der Waals surface area contributed by atoms with Crippen LogP contribution in [0.4, 0.5) is 0 Å². The van der Waals surface area contributed by atoms with Crippen LogP contribution in [0.2, 0.25) is 0 Å². The molecule has 4 heteroatoms. The predicted molar refractivity (Wildman–Crippen MR) is 78.5 cm³/mol. The van der Waals surface area contributed by atoms with Gasteiger partial charge in [-0.2, -0.15) is 0 Å². The Morgan fingerprint density at radius 2 is 1.61 bits per heavy atom. The van der Waals surface area contributed by atoms with Crippen LogP contribution in [-0.2, 0) is 0 Å². The molecule has 0 aromatic rings.